The molecule has 0 aliphatic rings. The van der Waals surface area contributed by atoms with Crippen molar-refractivity contribution in [2.75, 3.05) is 0 Å². The van der Waals surface area contributed by atoms with E-state index in [0.717, 1.165) is 0 Å². The van der Waals surface area contributed by atoms with Gasteiger partial charge in [-0.15, -0.1) is 0 Å². The van der Waals surface area contributed by atoms with Crippen molar-refractivity contribution in [3.8, 4) is 11.3 Å². The normalized spacial score (nSPS) is 12.7. The first-order valence-corrected chi connectivity index (χ1v) is 4.57. The molecule has 0 saturated heterocycles. The van der Waals surface area contributed by atoms with E-state index in [1.165, 1.54) is 12.1 Å². The van der Waals surface area contributed by atoms with Gasteiger partial charge in [-0.05, 0) is 19.1 Å². The fourth-order valence-corrected chi connectivity index (χ4v) is 1.27. The molecule has 78 valence electrons. The van der Waals surface area contributed by atoms with Gasteiger partial charge in [0.15, 0.2) is 5.76 Å². The molecule has 1 heterocycles. The van der Waals surface area contributed by atoms with Gasteiger partial charge >= 0.3 is 0 Å². The summed E-state index contributed by atoms with van der Waals surface area (Å²) in [4.78, 5) is 0. The molecular formula is C11H10FNO2. The number of aromatic nitrogens is 1. The van der Waals surface area contributed by atoms with E-state index < -0.39 is 6.10 Å². The maximum atomic E-state index is 12.9. The second-order valence-electron chi connectivity index (χ2n) is 3.30. The van der Waals surface area contributed by atoms with Gasteiger partial charge in [-0.25, -0.2) is 4.39 Å². The summed E-state index contributed by atoms with van der Waals surface area (Å²) in [7, 11) is 0. The third-order valence-electron chi connectivity index (χ3n) is 2.06. The lowest BCUT2D eigenvalue weighted by Crippen LogP contribution is -1.85. The molecule has 4 heteroatoms. The summed E-state index contributed by atoms with van der Waals surface area (Å²) in [5, 5.41) is 13.0. The lowest BCUT2D eigenvalue weighted by atomic mass is 10.1. The SMILES string of the molecule is CC(O)c1cc(-c2cccc(F)c2)no1. The Kier molecular flexibility index (Phi) is 2.51. The summed E-state index contributed by atoms with van der Waals surface area (Å²) in [5.74, 6) is 0.0448. The van der Waals surface area contributed by atoms with E-state index in [-0.39, 0.29) is 5.82 Å². The average Bonchev–Trinajstić information content (AvgIpc) is 2.66. The quantitative estimate of drug-likeness (QED) is 0.823. The van der Waals surface area contributed by atoms with E-state index in [1.807, 2.05) is 0 Å². The van der Waals surface area contributed by atoms with Crippen LogP contribution < -0.4 is 0 Å². The Morgan fingerprint density at radius 1 is 1.40 bits per heavy atom. The second-order valence-corrected chi connectivity index (χ2v) is 3.30. The topological polar surface area (TPSA) is 46.3 Å². The highest BCUT2D eigenvalue weighted by Crippen LogP contribution is 2.22. The van der Waals surface area contributed by atoms with Crippen molar-refractivity contribution < 1.29 is 14.0 Å². The average molecular weight is 207 g/mol. The standard InChI is InChI=1S/C11H10FNO2/c1-7(14)11-6-10(13-15-11)8-3-2-4-9(12)5-8/h2-7,14H,1H3. The molecule has 1 unspecified atom stereocenters. The van der Waals surface area contributed by atoms with Crippen molar-refractivity contribution in [2.24, 2.45) is 0 Å². The van der Waals surface area contributed by atoms with Gasteiger partial charge < -0.3 is 9.63 Å². The molecule has 0 radical (unpaired) electrons. The van der Waals surface area contributed by atoms with Crippen LogP contribution in [0.15, 0.2) is 34.9 Å². The van der Waals surface area contributed by atoms with Gasteiger partial charge in [-0.2, -0.15) is 0 Å². The van der Waals surface area contributed by atoms with Crippen LogP contribution in [0.4, 0.5) is 4.39 Å². The summed E-state index contributed by atoms with van der Waals surface area (Å²) < 4.78 is 17.8. The molecule has 2 aromatic rings. The van der Waals surface area contributed by atoms with Gasteiger partial charge in [-0.1, -0.05) is 17.3 Å². The Hall–Kier alpha value is -1.68. The molecule has 0 saturated carbocycles. The molecule has 0 spiro atoms. The van der Waals surface area contributed by atoms with E-state index in [4.69, 9.17) is 4.52 Å². The third-order valence-corrected chi connectivity index (χ3v) is 2.06. The zero-order valence-electron chi connectivity index (χ0n) is 8.14. The van der Waals surface area contributed by atoms with Gasteiger partial charge in [0.1, 0.15) is 17.6 Å². The molecule has 1 atom stereocenters. The van der Waals surface area contributed by atoms with Crippen molar-refractivity contribution in [1.82, 2.24) is 5.16 Å². The second kappa shape index (κ2) is 3.82. The molecule has 0 amide bonds. The molecule has 0 fully saturated rings. The first-order valence-electron chi connectivity index (χ1n) is 4.57. The Labute approximate surface area is 86.1 Å². The first kappa shape index (κ1) is 9.86. The Morgan fingerprint density at radius 2 is 2.20 bits per heavy atom. The van der Waals surface area contributed by atoms with Gasteiger partial charge in [-0.3, -0.25) is 0 Å². The van der Waals surface area contributed by atoms with Crippen LogP contribution in [0.2, 0.25) is 0 Å². The summed E-state index contributed by atoms with van der Waals surface area (Å²) in [5.41, 5.74) is 1.15. The molecule has 1 N–H and O–H groups in total. The van der Waals surface area contributed by atoms with Crippen molar-refractivity contribution in [2.45, 2.75) is 13.0 Å². The number of aliphatic hydroxyl groups is 1. The van der Waals surface area contributed by atoms with Crippen LogP contribution in [0.5, 0.6) is 0 Å². The predicted molar refractivity (Wildman–Crippen MR) is 52.5 cm³/mol. The molecular weight excluding hydrogens is 197 g/mol. The predicted octanol–water partition coefficient (Wildman–Crippen LogP) is 2.53. The highest BCUT2D eigenvalue weighted by atomic mass is 19.1. The summed E-state index contributed by atoms with van der Waals surface area (Å²) in [6, 6.07) is 7.65. The van der Waals surface area contributed by atoms with Crippen molar-refractivity contribution in [3.05, 3.63) is 41.9 Å². The number of hydrogen-bond acceptors (Lipinski definition) is 3. The zero-order valence-corrected chi connectivity index (χ0v) is 8.14. The Bertz CT molecular complexity index is 465. The van der Waals surface area contributed by atoms with Crippen LogP contribution in [0.3, 0.4) is 0 Å². The number of benzene rings is 1. The maximum Gasteiger partial charge on any atom is 0.165 e. The summed E-state index contributed by atoms with van der Waals surface area (Å²) >= 11 is 0. The van der Waals surface area contributed by atoms with Gasteiger partial charge in [0.2, 0.25) is 0 Å². The van der Waals surface area contributed by atoms with E-state index in [1.54, 1.807) is 25.1 Å². The number of aliphatic hydroxyl groups excluding tert-OH is 1. The molecule has 3 nitrogen and oxygen atoms in total. The van der Waals surface area contributed by atoms with Crippen LogP contribution in [-0.2, 0) is 0 Å². The van der Waals surface area contributed by atoms with Gasteiger partial charge in [0.05, 0.1) is 0 Å². The maximum absolute atomic E-state index is 12.9. The smallest absolute Gasteiger partial charge is 0.165 e. The monoisotopic (exact) mass is 207 g/mol. The van der Waals surface area contributed by atoms with Crippen molar-refractivity contribution in [3.63, 3.8) is 0 Å². The first-order chi connectivity index (χ1) is 7.16. The fraction of sp³-hybridized carbons (Fsp3) is 0.182. The van der Waals surface area contributed by atoms with Gasteiger partial charge in [0.25, 0.3) is 0 Å². The molecule has 1 aromatic heterocycles. The minimum atomic E-state index is -0.709. The minimum Gasteiger partial charge on any atom is -0.385 e. The molecule has 0 aliphatic heterocycles. The van der Waals surface area contributed by atoms with E-state index >= 15 is 0 Å². The molecule has 0 bridgehead atoms. The lowest BCUT2D eigenvalue weighted by molar-refractivity contribution is 0.158. The summed E-state index contributed by atoms with van der Waals surface area (Å²) in [6.07, 6.45) is -0.709. The fourth-order valence-electron chi connectivity index (χ4n) is 1.27. The largest absolute Gasteiger partial charge is 0.385 e. The third kappa shape index (κ3) is 2.05. The van der Waals surface area contributed by atoms with E-state index in [2.05, 4.69) is 5.16 Å². The lowest BCUT2D eigenvalue weighted by Gasteiger charge is -1.94. The van der Waals surface area contributed by atoms with Crippen LogP contribution >= 0.6 is 0 Å². The highest BCUT2D eigenvalue weighted by Gasteiger charge is 2.10. The molecule has 2 rings (SSSR count). The van der Waals surface area contributed by atoms with Crippen molar-refractivity contribution >= 4 is 0 Å². The van der Waals surface area contributed by atoms with E-state index in [9.17, 15) is 9.50 Å². The molecule has 0 aliphatic carbocycles. The van der Waals surface area contributed by atoms with Crippen LogP contribution in [0.1, 0.15) is 18.8 Å². The highest BCUT2D eigenvalue weighted by molar-refractivity contribution is 5.58. The van der Waals surface area contributed by atoms with E-state index in [0.29, 0.717) is 17.0 Å². The molecule has 1 aromatic carbocycles. The zero-order chi connectivity index (χ0) is 10.8. The van der Waals surface area contributed by atoms with Crippen LogP contribution in [-0.4, -0.2) is 10.3 Å². The summed E-state index contributed by atoms with van der Waals surface area (Å²) in [6.45, 7) is 1.58. The molecule has 15 heavy (non-hydrogen) atoms. The number of hydrogen-bond donors (Lipinski definition) is 1. The number of nitrogens with zero attached hydrogens (tertiary/aromatic N) is 1. The van der Waals surface area contributed by atoms with Gasteiger partial charge in [0, 0.05) is 11.6 Å². The van der Waals surface area contributed by atoms with Crippen LogP contribution in [0.25, 0.3) is 11.3 Å². The minimum absolute atomic E-state index is 0.325. The Morgan fingerprint density at radius 3 is 2.80 bits per heavy atom. The Balaban J connectivity index is 2.37. The number of rotatable bonds is 2. The van der Waals surface area contributed by atoms with Crippen molar-refractivity contribution in [1.29, 1.82) is 0 Å². The number of halogens is 1. The van der Waals surface area contributed by atoms with Crippen LogP contribution in [0, 0.1) is 5.82 Å².